The first kappa shape index (κ1) is 39.4. The van der Waals surface area contributed by atoms with Crippen molar-refractivity contribution in [2.45, 2.75) is 176 Å². The molecule has 0 amide bonds. The van der Waals surface area contributed by atoms with Gasteiger partial charge in [0.25, 0.3) is 0 Å². The summed E-state index contributed by atoms with van der Waals surface area (Å²) in [7, 11) is -0.955. The normalized spacial score (nSPS) is 11.7. The predicted octanol–water partition coefficient (Wildman–Crippen LogP) is 12.2. The summed E-state index contributed by atoms with van der Waals surface area (Å²) in [6.45, 7) is 13.3. The molecule has 0 fully saturated rings. The Labute approximate surface area is 240 Å². The summed E-state index contributed by atoms with van der Waals surface area (Å²) in [4.78, 5) is 10.3. The van der Waals surface area contributed by atoms with E-state index in [1.54, 1.807) is 18.5 Å². The summed E-state index contributed by atoms with van der Waals surface area (Å²) in [5.74, 6) is 0.727. The van der Waals surface area contributed by atoms with Crippen molar-refractivity contribution in [3.63, 3.8) is 0 Å². The van der Waals surface area contributed by atoms with Crippen molar-refractivity contribution in [1.29, 1.82) is 0 Å². The van der Waals surface area contributed by atoms with E-state index in [2.05, 4.69) is 34.4 Å². The molecule has 0 aliphatic heterocycles. The summed E-state index contributed by atoms with van der Waals surface area (Å²) in [5.41, 5.74) is 0. The molecule has 0 N–H and O–H groups in total. The zero-order valence-corrected chi connectivity index (χ0v) is 28.4. The fraction of sp³-hybridized carbons (Fsp3) is 0.970. The Bertz CT molecular complexity index is 403. The molecule has 0 aromatic heterocycles. The van der Waals surface area contributed by atoms with Gasteiger partial charge in [0, 0.05) is 12.7 Å². The van der Waals surface area contributed by atoms with E-state index in [0.717, 1.165) is 12.2 Å². The molecule has 0 unspecified atom stereocenters. The predicted molar refractivity (Wildman–Crippen MR) is 177 cm³/mol. The van der Waals surface area contributed by atoms with Crippen LogP contribution in [-0.4, -0.2) is 36.9 Å². The summed E-state index contributed by atoms with van der Waals surface area (Å²) in [6, 6.07) is 0. The van der Waals surface area contributed by atoms with Gasteiger partial charge in [-0.05, 0) is 6.42 Å². The number of carbonyl (C=O) groups excluding carboxylic acids is 1. The van der Waals surface area contributed by atoms with Crippen molar-refractivity contribution in [3.05, 3.63) is 0 Å². The van der Waals surface area contributed by atoms with Crippen molar-refractivity contribution < 1.29 is 8.98 Å². The van der Waals surface area contributed by atoms with Crippen LogP contribution in [0.3, 0.4) is 0 Å². The zero-order chi connectivity index (χ0) is 27.9. The van der Waals surface area contributed by atoms with E-state index in [1.807, 2.05) is 0 Å². The van der Waals surface area contributed by atoms with Crippen LogP contribution in [-0.2, 0) is 8.98 Å². The molecule has 37 heavy (non-hydrogen) atoms. The van der Waals surface area contributed by atoms with E-state index in [4.69, 9.17) is 4.18 Å². The standard InChI is InChI=1S/C25H55P.C8H16O2S/c1-5-8-11-14-17-20-23-26(4,24-21-18-15-12-9-6-2)25-22-19-16-13-10-7-3;1-3-4-5-6-7-11-10-8(2)9/h26H,5-25H2,1-4H3;3-7H2,1-2H3. The Morgan fingerprint density at radius 1 is 0.514 bits per heavy atom. The van der Waals surface area contributed by atoms with Crippen molar-refractivity contribution in [3.8, 4) is 0 Å². The molecular weight excluding hydrogens is 491 g/mol. The van der Waals surface area contributed by atoms with Crippen LogP contribution < -0.4 is 0 Å². The minimum Gasteiger partial charge on any atom is -0.392 e. The first-order valence-electron chi connectivity index (χ1n) is 16.8. The van der Waals surface area contributed by atoms with Crippen molar-refractivity contribution in [2.24, 2.45) is 0 Å². The van der Waals surface area contributed by atoms with Crippen molar-refractivity contribution >= 4 is 25.3 Å². The topological polar surface area (TPSA) is 26.3 Å². The van der Waals surface area contributed by atoms with E-state index in [9.17, 15) is 4.79 Å². The van der Waals surface area contributed by atoms with E-state index in [1.165, 1.54) is 154 Å². The minimum absolute atomic E-state index is 0.203. The second kappa shape index (κ2) is 32.5. The quantitative estimate of drug-likeness (QED) is 0.0565. The molecule has 0 rings (SSSR count). The van der Waals surface area contributed by atoms with Crippen LogP contribution in [0.5, 0.6) is 0 Å². The van der Waals surface area contributed by atoms with Crippen molar-refractivity contribution in [1.82, 2.24) is 0 Å². The molecule has 0 aromatic rings. The fourth-order valence-electron chi connectivity index (χ4n) is 5.08. The van der Waals surface area contributed by atoms with Crippen LogP contribution in [0.4, 0.5) is 0 Å². The molecule has 0 saturated heterocycles. The number of hydrogen-bond acceptors (Lipinski definition) is 3. The molecule has 0 atom stereocenters. The van der Waals surface area contributed by atoms with Gasteiger partial charge in [-0.15, -0.1) is 0 Å². The molecule has 2 nitrogen and oxygen atoms in total. The number of rotatable bonds is 27. The summed E-state index contributed by atoms with van der Waals surface area (Å²) in [6.07, 6.45) is 36.3. The van der Waals surface area contributed by atoms with Gasteiger partial charge >= 0.3 is 175 Å². The Morgan fingerprint density at radius 3 is 1.14 bits per heavy atom. The molecule has 4 heteroatoms. The maximum absolute atomic E-state index is 10.3. The van der Waals surface area contributed by atoms with Crippen LogP contribution >= 0.6 is 19.3 Å². The van der Waals surface area contributed by atoms with Crippen LogP contribution in [0.1, 0.15) is 176 Å². The van der Waals surface area contributed by atoms with Crippen LogP contribution in [0.25, 0.3) is 0 Å². The second-order valence-electron chi connectivity index (χ2n) is 11.8. The molecule has 0 aliphatic carbocycles. The van der Waals surface area contributed by atoms with Gasteiger partial charge in [0.1, 0.15) is 0 Å². The van der Waals surface area contributed by atoms with Gasteiger partial charge in [-0.2, -0.15) is 0 Å². The first-order chi connectivity index (χ1) is 18.0. The maximum atomic E-state index is 10.3. The maximum Gasteiger partial charge on any atom is 0.314 e. The van der Waals surface area contributed by atoms with Gasteiger partial charge in [0.2, 0.25) is 0 Å². The van der Waals surface area contributed by atoms with Gasteiger partial charge in [0.05, 0.1) is 12.0 Å². The number of carbonyl (C=O) groups is 1. The van der Waals surface area contributed by atoms with Crippen LogP contribution in [0, 0.1) is 0 Å². The van der Waals surface area contributed by atoms with Gasteiger partial charge in [-0.3, -0.25) is 4.79 Å². The Morgan fingerprint density at radius 2 is 0.811 bits per heavy atom. The average molecular weight is 563 g/mol. The Hall–Kier alpha value is 0.250. The second-order valence-corrected chi connectivity index (χ2v) is 17.8. The molecule has 0 saturated carbocycles. The van der Waals surface area contributed by atoms with Crippen LogP contribution in [0.2, 0.25) is 0 Å². The van der Waals surface area contributed by atoms with Crippen LogP contribution in [0.15, 0.2) is 0 Å². The first-order valence-corrected chi connectivity index (χ1v) is 20.8. The van der Waals surface area contributed by atoms with Gasteiger partial charge < -0.3 is 4.18 Å². The van der Waals surface area contributed by atoms with E-state index in [-0.39, 0.29) is 5.97 Å². The zero-order valence-electron chi connectivity index (χ0n) is 26.6. The third-order valence-corrected chi connectivity index (χ3v) is 13.1. The molecule has 0 bridgehead atoms. The number of hydrogen-bond donors (Lipinski definition) is 0. The summed E-state index contributed by atoms with van der Waals surface area (Å²) >= 11 is 1.26. The SMILES string of the molecule is CCCCCCCC[PH](C)(CCCCCCCC)CCCCCCCC.CCCCCCSOC(C)=O. The molecular formula is C33H71O2PS. The third kappa shape index (κ3) is 34.2. The van der Waals surface area contributed by atoms with E-state index in [0.29, 0.717) is 0 Å². The largest absolute Gasteiger partial charge is 0.392 e. The summed E-state index contributed by atoms with van der Waals surface area (Å²) in [5, 5.41) is 0. The summed E-state index contributed by atoms with van der Waals surface area (Å²) < 4.78 is 4.70. The third-order valence-electron chi connectivity index (χ3n) is 7.66. The van der Waals surface area contributed by atoms with Gasteiger partial charge in [-0.25, -0.2) is 0 Å². The molecule has 0 heterocycles. The average Bonchev–Trinajstić information content (AvgIpc) is 2.88. The number of unbranched alkanes of at least 4 members (excludes halogenated alkanes) is 18. The van der Waals surface area contributed by atoms with Gasteiger partial charge in [-0.1, -0.05) is 26.2 Å². The Balaban J connectivity index is 0. The molecule has 0 spiro atoms. The molecule has 226 valence electrons. The molecule has 0 aromatic carbocycles. The van der Waals surface area contributed by atoms with Crippen molar-refractivity contribution in [2.75, 3.05) is 30.9 Å². The monoisotopic (exact) mass is 562 g/mol. The smallest absolute Gasteiger partial charge is 0.314 e. The molecule has 0 aliphatic rings. The Kier molecular flexibility index (Phi) is 34.6. The van der Waals surface area contributed by atoms with Gasteiger partial charge in [0.15, 0.2) is 0 Å². The van der Waals surface area contributed by atoms with E-state index >= 15 is 0 Å². The minimum atomic E-state index is -0.955. The molecule has 0 radical (unpaired) electrons. The van der Waals surface area contributed by atoms with E-state index < -0.39 is 7.26 Å². The fourth-order valence-corrected chi connectivity index (χ4v) is 9.72.